The minimum absolute atomic E-state index is 0.0623. The van der Waals surface area contributed by atoms with Gasteiger partial charge in [-0.05, 0) is 56.2 Å². The molecular formula is C19H25F3O3. The van der Waals surface area contributed by atoms with Gasteiger partial charge in [0.15, 0.2) is 0 Å². The standard InChI is InChI=1S/C19H25F3O3/c1-3-4-14-5-11-17(12-6-14)24-18(23)16-9-7-15(8-10-16)13(2)25-19(20,21)22/h7-10,13-14,17H,3-6,11-12H2,1-2H3. The van der Waals surface area contributed by atoms with Crippen molar-refractivity contribution in [1.82, 2.24) is 0 Å². The summed E-state index contributed by atoms with van der Waals surface area (Å²) in [5, 5.41) is 0. The zero-order valence-electron chi connectivity index (χ0n) is 14.6. The summed E-state index contributed by atoms with van der Waals surface area (Å²) in [6, 6.07) is 5.89. The fourth-order valence-electron chi connectivity index (χ4n) is 3.32. The number of carbonyl (C=O) groups excluding carboxylic acids is 1. The van der Waals surface area contributed by atoms with Gasteiger partial charge in [-0.25, -0.2) is 4.79 Å². The highest BCUT2D eigenvalue weighted by Gasteiger charge is 2.32. The highest BCUT2D eigenvalue weighted by Crippen LogP contribution is 2.30. The minimum atomic E-state index is -4.69. The SMILES string of the molecule is CCCC1CCC(OC(=O)c2ccc(C(C)OC(F)(F)F)cc2)CC1. The Hall–Kier alpha value is -1.56. The van der Waals surface area contributed by atoms with E-state index in [1.807, 2.05) is 0 Å². The highest BCUT2D eigenvalue weighted by atomic mass is 19.4. The number of esters is 1. The summed E-state index contributed by atoms with van der Waals surface area (Å²) in [5.41, 5.74) is 0.701. The van der Waals surface area contributed by atoms with Crippen LogP contribution in [0.25, 0.3) is 0 Å². The van der Waals surface area contributed by atoms with Gasteiger partial charge in [0.2, 0.25) is 0 Å². The van der Waals surface area contributed by atoms with Gasteiger partial charge in [0.25, 0.3) is 0 Å². The van der Waals surface area contributed by atoms with Crippen molar-refractivity contribution >= 4 is 5.97 Å². The van der Waals surface area contributed by atoms with Gasteiger partial charge >= 0.3 is 12.3 Å². The first-order valence-corrected chi connectivity index (χ1v) is 8.84. The van der Waals surface area contributed by atoms with E-state index in [1.165, 1.54) is 44.0 Å². The van der Waals surface area contributed by atoms with Crippen molar-refractivity contribution in [3.63, 3.8) is 0 Å². The van der Waals surface area contributed by atoms with E-state index in [0.717, 1.165) is 31.6 Å². The van der Waals surface area contributed by atoms with Gasteiger partial charge in [0, 0.05) is 0 Å². The van der Waals surface area contributed by atoms with Crippen LogP contribution in [0, 0.1) is 5.92 Å². The molecule has 0 aliphatic heterocycles. The third-order valence-electron chi connectivity index (χ3n) is 4.69. The van der Waals surface area contributed by atoms with Crippen LogP contribution in [-0.4, -0.2) is 18.4 Å². The summed E-state index contributed by atoms with van der Waals surface area (Å²) in [4.78, 5) is 12.2. The second kappa shape index (κ2) is 8.70. The lowest BCUT2D eigenvalue weighted by Gasteiger charge is -2.28. The fourth-order valence-corrected chi connectivity index (χ4v) is 3.32. The van der Waals surface area contributed by atoms with Crippen LogP contribution in [0.4, 0.5) is 13.2 Å². The van der Waals surface area contributed by atoms with Crippen molar-refractivity contribution in [2.24, 2.45) is 5.92 Å². The number of halogens is 3. The Morgan fingerprint density at radius 2 is 1.76 bits per heavy atom. The molecule has 1 atom stereocenters. The van der Waals surface area contributed by atoms with Gasteiger partial charge in [-0.1, -0.05) is 31.9 Å². The summed E-state index contributed by atoms with van der Waals surface area (Å²) in [6.07, 6.45) is 0.446. The van der Waals surface area contributed by atoms with Crippen LogP contribution in [0.3, 0.4) is 0 Å². The van der Waals surface area contributed by atoms with E-state index in [4.69, 9.17) is 4.74 Å². The van der Waals surface area contributed by atoms with E-state index in [1.54, 1.807) is 0 Å². The Bertz CT molecular complexity index is 546. The lowest BCUT2D eigenvalue weighted by Crippen LogP contribution is -2.24. The Morgan fingerprint density at radius 3 is 2.28 bits per heavy atom. The molecule has 1 aliphatic carbocycles. The molecule has 1 fully saturated rings. The molecule has 0 saturated heterocycles. The molecule has 0 heterocycles. The number of ether oxygens (including phenoxy) is 2. The molecular weight excluding hydrogens is 333 g/mol. The highest BCUT2D eigenvalue weighted by molar-refractivity contribution is 5.89. The van der Waals surface area contributed by atoms with Crippen molar-refractivity contribution in [1.29, 1.82) is 0 Å². The molecule has 3 nitrogen and oxygen atoms in total. The summed E-state index contributed by atoms with van der Waals surface area (Å²) in [6.45, 7) is 3.49. The predicted molar refractivity (Wildman–Crippen MR) is 88.1 cm³/mol. The molecule has 0 bridgehead atoms. The third kappa shape index (κ3) is 6.34. The van der Waals surface area contributed by atoms with Gasteiger partial charge in [-0.2, -0.15) is 0 Å². The average molecular weight is 358 g/mol. The molecule has 0 radical (unpaired) electrons. The predicted octanol–water partition coefficient (Wildman–Crippen LogP) is 5.80. The number of hydrogen-bond donors (Lipinski definition) is 0. The quantitative estimate of drug-likeness (QED) is 0.603. The van der Waals surface area contributed by atoms with E-state index in [2.05, 4.69) is 11.7 Å². The first kappa shape index (κ1) is 19.8. The van der Waals surface area contributed by atoms with Gasteiger partial charge in [-0.3, -0.25) is 4.74 Å². The number of benzene rings is 1. The first-order valence-electron chi connectivity index (χ1n) is 8.84. The molecule has 25 heavy (non-hydrogen) atoms. The molecule has 6 heteroatoms. The van der Waals surface area contributed by atoms with Crippen molar-refractivity contribution in [3.05, 3.63) is 35.4 Å². The maximum atomic E-state index is 12.2. The summed E-state index contributed by atoms with van der Waals surface area (Å²) in [5.74, 6) is 0.309. The molecule has 1 unspecified atom stereocenters. The lowest BCUT2D eigenvalue weighted by molar-refractivity contribution is -0.342. The largest absolute Gasteiger partial charge is 0.523 e. The van der Waals surface area contributed by atoms with E-state index in [-0.39, 0.29) is 6.10 Å². The van der Waals surface area contributed by atoms with Crippen molar-refractivity contribution in [2.45, 2.75) is 70.9 Å². The smallest absolute Gasteiger partial charge is 0.459 e. The fraction of sp³-hybridized carbons (Fsp3) is 0.632. The molecule has 1 aromatic carbocycles. The molecule has 140 valence electrons. The van der Waals surface area contributed by atoms with Crippen LogP contribution in [0.2, 0.25) is 0 Å². The van der Waals surface area contributed by atoms with Gasteiger partial charge in [0.1, 0.15) is 6.10 Å². The Labute approximate surface area is 146 Å². The molecule has 0 aromatic heterocycles. The zero-order valence-corrected chi connectivity index (χ0v) is 14.6. The number of carbonyl (C=O) groups is 1. The van der Waals surface area contributed by atoms with Crippen LogP contribution < -0.4 is 0 Å². The van der Waals surface area contributed by atoms with Crippen LogP contribution in [0.15, 0.2) is 24.3 Å². The maximum absolute atomic E-state index is 12.2. The Balaban J connectivity index is 1.86. The topological polar surface area (TPSA) is 35.5 Å². The molecule has 0 spiro atoms. The second-order valence-electron chi connectivity index (χ2n) is 6.66. The normalized spacial score (nSPS) is 22.4. The first-order chi connectivity index (χ1) is 11.8. The Morgan fingerprint density at radius 1 is 1.16 bits per heavy atom. The van der Waals surface area contributed by atoms with Gasteiger partial charge < -0.3 is 4.74 Å². The van der Waals surface area contributed by atoms with Crippen LogP contribution in [-0.2, 0) is 9.47 Å². The van der Waals surface area contributed by atoms with Crippen LogP contribution in [0.1, 0.15) is 74.4 Å². The number of rotatable bonds is 6. The zero-order chi connectivity index (χ0) is 18.4. The van der Waals surface area contributed by atoms with Crippen molar-refractivity contribution < 1.29 is 27.4 Å². The minimum Gasteiger partial charge on any atom is -0.459 e. The average Bonchev–Trinajstić information content (AvgIpc) is 2.55. The van der Waals surface area contributed by atoms with Crippen molar-refractivity contribution in [3.8, 4) is 0 Å². The van der Waals surface area contributed by atoms with Crippen molar-refractivity contribution in [2.75, 3.05) is 0 Å². The van der Waals surface area contributed by atoms with Crippen LogP contribution >= 0.6 is 0 Å². The third-order valence-corrected chi connectivity index (χ3v) is 4.69. The van der Waals surface area contributed by atoms with Gasteiger partial charge in [0.05, 0.1) is 11.7 Å². The summed E-state index contributed by atoms with van der Waals surface area (Å²) in [7, 11) is 0. The van der Waals surface area contributed by atoms with Gasteiger partial charge in [-0.15, -0.1) is 13.2 Å². The Kier molecular flexibility index (Phi) is 6.87. The molecule has 0 N–H and O–H groups in total. The monoisotopic (exact) mass is 358 g/mol. The molecule has 1 aromatic rings. The second-order valence-corrected chi connectivity index (χ2v) is 6.66. The number of alkyl halides is 3. The van der Waals surface area contributed by atoms with E-state index < -0.39 is 18.4 Å². The molecule has 1 aliphatic rings. The van der Waals surface area contributed by atoms with Crippen LogP contribution in [0.5, 0.6) is 0 Å². The molecule has 2 rings (SSSR count). The summed E-state index contributed by atoms with van der Waals surface area (Å²) < 4.78 is 46.2. The maximum Gasteiger partial charge on any atom is 0.523 e. The van der Waals surface area contributed by atoms with E-state index >= 15 is 0 Å². The number of hydrogen-bond acceptors (Lipinski definition) is 3. The molecule has 0 amide bonds. The van der Waals surface area contributed by atoms with E-state index in [9.17, 15) is 18.0 Å². The molecule has 1 saturated carbocycles. The van der Waals surface area contributed by atoms with E-state index in [0.29, 0.717) is 11.1 Å². The lowest BCUT2D eigenvalue weighted by atomic mass is 9.85. The summed E-state index contributed by atoms with van der Waals surface area (Å²) >= 11 is 0.